The second-order valence-electron chi connectivity index (χ2n) is 5.26. The van der Waals surface area contributed by atoms with E-state index in [-0.39, 0.29) is 11.8 Å². The van der Waals surface area contributed by atoms with Crippen LogP contribution < -0.4 is 10.1 Å². The predicted molar refractivity (Wildman–Crippen MR) is 90.7 cm³/mol. The highest BCUT2D eigenvalue weighted by molar-refractivity contribution is 5.96. The zero-order valence-corrected chi connectivity index (χ0v) is 13.9. The quantitative estimate of drug-likeness (QED) is 0.843. The van der Waals surface area contributed by atoms with Gasteiger partial charge in [0.2, 0.25) is 5.91 Å². The number of nitrogens with one attached hydrogen (secondary N) is 1. The van der Waals surface area contributed by atoms with Crippen molar-refractivity contribution in [2.24, 2.45) is 0 Å². The molecule has 1 N–H and O–H groups in total. The van der Waals surface area contributed by atoms with Crippen molar-refractivity contribution in [1.82, 2.24) is 15.2 Å². The fourth-order valence-corrected chi connectivity index (χ4v) is 2.29. The largest absolute Gasteiger partial charge is 0.496 e. The van der Waals surface area contributed by atoms with Gasteiger partial charge < -0.3 is 15.0 Å². The lowest BCUT2D eigenvalue weighted by Gasteiger charge is -2.21. The van der Waals surface area contributed by atoms with Crippen LogP contribution in [-0.2, 0) is 11.3 Å². The Kier molecular flexibility index (Phi) is 6.31. The summed E-state index contributed by atoms with van der Waals surface area (Å²) in [6.45, 7) is 2.76. The van der Waals surface area contributed by atoms with E-state index < -0.39 is 0 Å². The number of nitrogens with zero attached hydrogens (tertiary/aromatic N) is 2. The van der Waals surface area contributed by atoms with E-state index in [4.69, 9.17) is 4.74 Å². The molecular formula is C18H21N3O3. The van der Waals surface area contributed by atoms with Crippen molar-refractivity contribution in [1.29, 1.82) is 0 Å². The maximum atomic E-state index is 12.2. The third-order valence-corrected chi connectivity index (χ3v) is 3.56. The molecule has 0 saturated carbocycles. The minimum atomic E-state index is -0.225. The first-order valence-electron chi connectivity index (χ1n) is 7.67. The molecule has 0 unspecified atom stereocenters. The number of methoxy groups -OCH3 is 1. The highest BCUT2D eigenvalue weighted by Crippen LogP contribution is 2.16. The number of ether oxygens (including phenoxy) is 1. The number of hydrogen-bond acceptors (Lipinski definition) is 4. The number of benzene rings is 1. The molecule has 2 rings (SSSR count). The van der Waals surface area contributed by atoms with Crippen LogP contribution in [0.25, 0.3) is 0 Å². The van der Waals surface area contributed by atoms with Gasteiger partial charge in [0.1, 0.15) is 5.75 Å². The van der Waals surface area contributed by atoms with Gasteiger partial charge in [-0.1, -0.05) is 18.2 Å². The Morgan fingerprint density at radius 1 is 1.21 bits per heavy atom. The number of hydrogen-bond donors (Lipinski definition) is 1. The van der Waals surface area contributed by atoms with Crippen LogP contribution in [0.5, 0.6) is 5.75 Å². The van der Waals surface area contributed by atoms with Crippen molar-refractivity contribution in [2.75, 3.05) is 20.2 Å². The molecule has 0 radical (unpaired) electrons. The predicted octanol–water partition coefficient (Wildman–Crippen LogP) is 1.87. The van der Waals surface area contributed by atoms with Crippen molar-refractivity contribution in [3.05, 3.63) is 59.9 Å². The van der Waals surface area contributed by atoms with Crippen LogP contribution in [0.1, 0.15) is 22.8 Å². The second kappa shape index (κ2) is 8.67. The summed E-state index contributed by atoms with van der Waals surface area (Å²) in [5.41, 5.74) is 1.42. The average Bonchev–Trinajstić information content (AvgIpc) is 2.61. The molecule has 6 nitrogen and oxygen atoms in total. The number of para-hydroxylation sites is 1. The lowest BCUT2D eigenvalue weighted by Crippen LogP contribution is -2.37. The van der Waals surface area contributed by atoms with E-state index >= 15 is 0 Å². The van der Waals surface area contributed by atoms with E-state index in [1.54, 1.807) is 41.6 Å². The summed E-state index contributed by atoms with van der Waals surface area (Å²) in [7, 11) is 1.53. The van der Waals surface area contributed by atoms with Crippen LogP contribution in [0, 0.1) is 0 Å². The molecule has 0 saturated heterocycles. The van der Waals surface area contributed by atoms with E-state index in [9.17, 15) is 9.59 Å². The molecule has 1 heterocycles. The highest BCUT2D eigenvalue weighted by atomic mass is 16.5. The summed E-state index contributed by atoms with van der Waals surface area (Å²) in [5.74, 6) is 0.247. The maximum absolute atomic E-state index is 12.2. The van der Waals surface area contributed by atoms with Gasteiger partial charge in [-0.2, -0.15) is 0 Å². The van der Waals surface area contributed by atoms with E-state index in [0.29, 0.717) is 30.9 Å². The zero-order chi connectivity index (χ0) is 17.4. The Balaban J connectivity index is 1.91. The van der Waals surface area contributed by atoms with Gasteiger partial charge in [-0.25, -0.2) is 0 Å². The molecule has 0 spiro atoms. The van der Waals surface area contributed by atoms with Crippen LogP contribution in [0.3, 0.4) is 0 Å². The summed E-state index contributed by atoms with van der Waals surface area (Å²) >= 11 is 0. The SMILES string of the molecule is COc1ccccc1C(=O)NCCN(Cc1cccnc1)C(C)=O. The molecule has 126 valence electrons. The molecule has 1 aromatic heterocycles. The fourth-order valence-electron chi connectivity index (χ4n) is 2.29. The molecule has 0 bridgehead atoms. The Morgan fingerprint density at radius 2 is 2.00 bits per heavy atom. The van der Waals surface area contributed by atoms with Gasteiger partial charge in [0.05, 0.1) is 12.7 Å². The molecule has 24 heavy (non-hydrogen) atoms. The number of amides is 2. The number of carbonyl (C=O) groups excluding carboxylic acids is 2. The van der Waals surface area contributed by atoms with Crippen LogP contribution >= 0.6 is 0 Å². The normalized spacial score (nSPS) is 10.1. The van der Waals surface area contributed by atoms with Gasteiger partial charge in [-0.3, -0.25) is 14.6 Å². The van der Waals surface area contributed by atoms with E-state index in [0.717, 1.165) is 5.56 Å². The molecule has 2 amide bonds. The molecule has 0 aliphatic rings. The van der Waals surface area contributed by atoms with E-state index in [1.807, 2.05) is 12.1 Å². The van der Waals surface area contributed by atoms with Crippen molar-refractivity contribution < 1.29 is 14.3 Å². The standard InChI is InChI=1S/C18H21N3O3/c1-14(22)21(13-15-6-5-9-19-12-15)11-10-20-18(23)16-7-3-4-8-17(16)24-2/h3-9,12H,10-11,13H2,1-2H3,(H,20,23). The Hall–Kier alpha value is -2.89. The van der Waals surface area contributed by atoms with Crippen LogP contribution in [0.15, 0.2) is 48.8 Å². The summed E-state index contributed by atoms with van der Waals surface area (Å²) in [6, 6.07) is 10.8. The minimum absolute atomic E-state index is 0.0506. The van der Waals surface area contributed by atoms with E-state index in [2.05, 4.69) is 10.3 Å². The van der Waals surface area contributed by atoms with Gasteiger partial charge in [0.25, 0.3) is 5.91 Å². The average molecular weight is 327 g/mol. The fraction of sp³-hybridized carbons (Fsp3) is 0.278. The molecule has 0 aliphatic heterocycles. The third kappa shape index (κ3) is 4.81. The van der Waals surface area contributed by atoms with Gasteiger partial charge >= 0.3 is 0 Å². The van der Waals surface area contributed by atoms with Gasteiger partial charge in [0, 0.05) is 39.0 Å². The summed E-state index contributed by atoms with van der Waals surface area (Å²) in [5, 5.41) is 2.82. The molecule has 2 aromatic rings. The van der Waals surface area contributed by atoms with Crippen LogP contribution in [0.4, 0.5) is 0 Å². The van der Waals surface area contributed by atoms with Crippen molar-refractivity contribution in [3.8, 4) is 5.75 Å². The van der Waals surface area contributed by atoms with Crippen molar-refractivity contribution in [2.45, 2.75) is 13.5 Å². The first-order valence-corrected chi connectivity index (χ1v) is 7.67. The van der Waals surface area contributed by atoms with Crippen molar-refractivity contribution >= 4 is 11.8 Å². The summed E-state index contributed by atoms with van der Waals surface area (Å²) in [6.07, 6.45) is 3.42. The first-order chi connectivity index (χ1) is 11.6. The summed E-state index contributed by atoms with van der Waals surface area (Å²) < 4.78 is 5.18. The third-order valence-electron chi connectivity index (χ3n) is 3.56. The minimum Gasteiger partial charge on any atom is -0.496 e. The molecule has 6 heteroatoms. The van der Waals surface area contributed by atoms with Gasteiger partial charge in [-0.05, 0) is 23.8 Å². The summed E-state index contributed by atoms with van der Waals surface area (Å²) in [4.78, 5) is 29.7. The molecule has 1 aromatic carbocycles. The molecule has 0 fully saturated rings. The molecular weight excluding hydrogens is 306 g/mol. The van der Waals surface area contributed by atoms with E-state index in [1.165, 1.54) is 14.0 Å². The van der Waals surface area contributed by atoms with Crippen LogP contribution in [0.2, 0.25) is 0 Å². The Bertz CT molecular complexity index is 689. The zero-order valence-electron chi connectivity index (χ0n) is 13.9. The van der Waals surface area contributed by atoms with Crippen molar-refractivity contribution in [3.63, 3.8) is 0 Å². The molecule has 0 aliphatic carbocycles. The van der Waals surface area contributed by atoms with Gasteiger partial charge in [-0.15, -0.1) is 0 Å². The second-order valence-corrected chi connectivity index (χ2v) is 5.26. The number of carbonyl (C=O) groups is 2. The monoisotopic (exact) mass is 327 g/mol. The van der Waals surface area contributed by atoms with Crippen LogP contribution in [-0.4, -0.2) is 41.9 Å². The number of aromatic nitrogens is 1. The highest BCUT2D eigenvalue weighted by Gasteiger charge is 2.13. The number of rotatable bonds is 7. The lowest BCUT2D eigenvalue weighted by atomic mass is 10.2. The Labute approximate surface area is 141 Å². The maximum Gasteiger partial charge on any atom is 0.255 e. The topological polar surface area (TPSA) is 71.5 Å². The number of pyridine rings is 1. The Morgan fingerprint density at radius 3 is 2.67 bits per heavy atom. The smallest absolute Gasteiger partial charge is 0.255 e. The lowest BCUT2D eigenvalue weighted by molar-refractivity contribution is -0.129. The van der Waals surface area contributed by atoms with Gasteiger partial charge in [0.15, 0.2) is 0 Å². The molecule has 0 atom stereocenters. The first kappa shape index (κ1) is 17.5.